The molecule has 0 unspecified atom stereocenters. The molecule has 4 nitrogen and oxygen atoms in total. The molecule has 0 atom stereocenters. The van der Waals surface area contributed by atoms with E-state index in [1.807, 2.05) is 91.0 Å². The molecule has 0 saturated heterocycles. The van der Waals surface area contributed by atoms with E-state index in [1.54, 1.807) is 11.7 Å². The van der Waals surface area contributed by atoms with E-state index in [9.17, 15) is 4.79 Å². The van der Waals surface area contributed by atoms with Crippen LogP contribution in [-0.2, 0) is 6.54 Å². The van der Waals surface area contributed by atoms with E-state index in [0.29, 0.717) is 23.3 Å². The highest BCUT2D eigenvalue weighted by atomic mass is 16.5. The van der Waals surface area contributed by atoms with Gasteiger partial charge < -0.3 is 4.74 Å². The van der Waals surface area contributed by atoms with Crippen LogP contribution in [-0.4, -0.2) is 16.7 Å². The molecule has 4 rings (SSSR count). The maximum absolute atomic E-state index is 13.1. The summed E-state index contributed by atoms with van der Waals surface area (Å²) < 4.78 is 7.00. The van der Waals surface area contributed by atoms with Gasteiger partial charge in [0.15, 0.2) is 0 Å². The molecule has 1 aromatic heterocycles. The van der Waals surface area contributed by atoms with Crippen molar-refractivity contribution in [2.75, 3.05) is 7.11 Å². The number of para-hydroxylation sites is 1. The molecule has 1 heterocycles. The molecule has 0 aliphatic carbocycles. The Morgan fingerprint density at radius 1 is 0.929 bits per heavy atom. The van der Waals surface area contributed by atoms with Gasteiger partial charge in [-0.3, -0.25) is 9.36 Å². The van der Waals surface area contributed by atoms with Crippen molar-refractivity contribution in [2.45, 2.75) is 6.54 Å². The van der Waals surface area contributed by atoms with Gasteiger partial charge in [-0.1, -0.05) is 60.7 Å². The van der Waals surface area contributed by atoms with Crippen LogP contribution in [0, 0.1) is 0 Å². The first-order valence-corrected chi connectivity index (χ1v) is 9.10. The summed E-state index contributed by atoms with van der Waals surface area (Å²) in [5.74, 6) is 1.41. The highest BCUT2D eigenvalue weighted by Gasteiger charge is 2.09. The predicted molar refractivity (Wildman–Crippen MR) is 113 cm³/mol. The first-order chi connectivity index (χ1) is 13.7. The summed E-state index contributed by atoms with van der Waals surface area (Å²) in [6.45, 7) is 0.468. The summed E-state index contributed by atoms with van der Waals surface area (Å²) in [5.41, 5.74) is 2.69. The van der Waals surface area contributed by atoms with Gasteiger partial charge in [-0.05, 0) is 41.5 Å². The number of benzene rings is 3. The molecule has 4 aromatic rings. The van der Waals surface area contributed by atoms with Crippen LogP contribution < -0.4 is 10.3 Å². The third kappa shape index (κ3) is 3.71. The first-order valence-electron chi connectivity index (χ1n) is 9.10. The Morgan fingerprint density at radius 2 is 1.71 bits per heavy atom. The molecule has 4 heteroatoms. The Kier molecular flexibility index (Phi) is 5.02. The maximum atomic E-state index is 13.1. The van der Waals surface area contributed by atoms with E-state index in [4.69, 9.17) is 9.72 Å². The molecular formula is C24H20N2O2. The minimum atomic E-state index is -0.0419. The van der Waals surface area contributed by atoms with Crippen LogP contribution in [0.4, 0.5) is 0 Å². The van der Waals surface area contributed by atoms with Crippen molar-refractivity contribution in [3.8, 4) is 5.75 Å². The number of ether oxygens (including phenoxy) is 1. The normalized spacial score (nSPS) is 11.2. The minimum Gasteiger partial charge on any atom is -0.497 e. The third-order valence-corrected chi connectivity index (χ3v) is 4.59. The van der Waals surface area contributed by atoms with Crippen molar-refractivity contribution in [3.05, 3.63) is 106 Å². The van der Waals surface area contributed by atoms with Gasteiger partial charge >= 0.3 is 0 Å². The fraction of sp³-hybridized carbons (Fsp3) is 0.0833. The summed E-state index contributed by atoms with van der Waals surface area (Å²) in [6.07, 6.45) is 3.83. The molecule has 0 aliphatic rings. The molecule has 28 heavy (non-hydrogen) atoms. The molecule has 3 aromatic carbocycles. The molecule has 0 spiro atoms. The van der Waals surface area contributed by atoms with Crippen LogP contribution in [0.25, 0.3) is 23.1 Å². The Bertz CT molecular complexity index is 1190. The van der Waals surface area contributed by atoms with Crippen molar-refractivity contribution in [1.82, 2.24) is 9.55 Å². The van der Waals surface area contributed by atoms with Gasteiger partial charge in [0.1, 0.15) is 11.6 Å². The average Bonchev–Trinajstić information content (AvgIpc) is 2.75. The molecule has 0 fully saturated rings. The minimum absolute atomic E-state index is 0.0419. The molecule has 0 aliphatic heterocycles. The first kappa shape index (κ1) is 17.7. The number of hydrogen-bond donors (Lipinski definition) is 0. The van der Waals surface area contributed by atoms with E-state index in [0.717, 1.165) is 16.9 Å². The number of rotatable bonds is 5. The zero-order chi connectivity index (χ0) is 19.3. The van der Waals surface area contributed by atoms with E-state index in [2.05, 4.69) is 0 Å². The number of nitrogens with zero attached hydrogens (tertiary/aromatic N) is 2. The highest BCUT2D eigenvalue weighted by Crippen LogP contribution is 2.16. The molecule has 0 saturated carbocycles. The second-order valence-electron chi connectivity index (χ2n) is 6.47. The van der Waals surface area contributed by atoms with Crippen LogP contribution in [0.5, 0.6) is 5.75 Å². The van der Waals surface area contributed by atoms with Crippen molar-refractivity contribution in [1.29, 1.82) is 0 Å². The SMILES string of the molecule is COc1cccc(/C=C/c2nc3ccccc3c(=O)n2Cc2ccccc2)c1. The summed E-state index contributed by atoms with van der Waals surface area (Å²) in [6, 6.07) is 25.1. The smallest absolute Gasteiger partial charge is 0.261 e. The highest BCUT2D eigenvalue weighted by molar-refractivity contribution is 5.79. The Balaban J connectivity index is 1.82. The van der Waals surface area contributed by atoms with Gasteiger partial charge in [-0.15, -0.1) is 0 Å². The van der Waals surface area contributed by atoms with E-state index < -0.39 is 0 Å². The van der Waals surface area contributed by atoms with Crippen LogP contribution in [0.3, 0.4) is 0 Å². The lowest BCUT2D eigenvalue weighted by molar-refractivity contribution is 0.414. The van der Waals surface area contributed by atoms with Crippen molar-refractivity contribution >= 4 is 23.1 Å². The lowest BCUT2D eigenvalue weighted by Crippen LogP contribution is -2.24. The molecule has 0 bridgehead atoms. The van der Waals surface area contributed by atoms with E-state index in [-0.39, 0.29) is 5.56 Å². The summed E-state index contributed by atoms with van der Waals surface area (Å²) in [5, 5.41) is 0.622. The Labute approximate surface area is 163 Å². The fourth-order valence-corrected chi connectivity index (χ4v) is 3.15. The second kappa shape index (κ2) is 7.92. The van der Waals surface area contributed by atoms with Crippen LogP contribution >= 0.6 is 0 Å². The van der Waals surface area contributed by atoms with Gasteiger partial charge in [0.2, 0.25) is 0 Å². The lowest BCUT2D eigenvalue weighted by Gasteiger charge is -2.11. The zero-order valence-corrected chi connectivity index (χ0v) is 15.6. The summed E-state index contributed by atoms with van der Waals surface area (Å²) in [4.78, 5) is 17.9. The van der Waals surface area contributed by atoms with Crippen molar-refractivity contribution in [3.63, 3.8) is 0 Å². The van der Waals surface area contributed by atoms with Crippen molar-refractivity contribution in [2.24, 2.45) is 0 Å². The lowest BCUT2D eigenvalue weighted by atomic mass is 10.2. The zero-order valence-electron chi connectivity index (χ0n) is 15.6. The van der Waals surface area contributed by atoms with Crippen LogP contribution in [0.1, 0.15) is 17.0 Å². The van der Waals surface area contributed by atoms with Gasteiger partial charge in [-0.25, -0.2) is 4.98 Å². The van der Waals surface area contributed by atoms with Gasteiger partial charge in [0.25, 0.3) is 5.56 Å². The van der Waals surface area contributed by atoms with Gasteiger partial charge in [0, 0.05) is 0 Å². The topological polar surface area (TPSA) is 44.1 Å². The third-order valence-electron chi connectivity index (χ3n) is 4.59. The van der Waals surface area contributed by atoms with Crippen molar-refractivity contribution < 1.29 is 4.74 Å². The maximum Gasteiger partial charge on any atom is 0.261 e. The molecule has 138 valence electrons. The quantitative estimate of drug-likeness (QED) is 0.516. The number of hydrogen-bond acceptors (Lipinski definition) is 3. The number of fused-ring (bicyclic) bond motifs is 1. The molecule has 0 amide bonds. The standard InChI is InChI=1S/C24H20N2O2/c1-28-20-11-7-10-18(16-20)14-15-23-25-22-13-6-5-12-21(22)24(27)26(23)17-19-8-3-2-4-9-19/h2-16H,17H2,1H3/b15-14+. The molecular weight excluding hydrogens is 348 g/mol. The van der Waals surface area contributed by atoms with Gasteiger partial charge in [0.05, 0.1) is 24.6 Å². The van der Waals surface area contributed by atoms with Gasteiger partial charge in [-0.2, -0.15) is 0 Å². The fourth-order valence-electron chi connectivity index (χ4n) is 3.15. The van der Waals surface area contributed by atoms with Crippen LogP contribution in [0.2, 0.25) is 0 Å². The molecule has 0 N–H and O–H groups in total. The Morgan fingerprint density at radius 3 is 2.54 bits per heavy atom. The average molecular weight is 368 g/mol. The summed E-state index contributed by atoms with van der Waals surface area (Å²) >= 11 is 0. The van der Waals surface area contributed by atoms with E-state index in [1.165, 1.54) is 0 Å². The molecule has 0 radical (unpaired) electrons. The summed E-state index contributed by atoms with van der Waals surface area (Å²) in [7, 11) is 1.64. The monoisotopic (exact) mass is 368 g/mol. The largest absolute Gasteiger partial charge is 0.497 e. The number of methoxy groups -OCH3 is 1. The predicted octanol–water partition coefficient (Wildman–Crippen LogP) is 4.62. The van der Waals surface area contributed by atoms with E-state index >= 15 is 0 Å². The van der Waals surface area contributed by atoms with Crippen LogP contribution in [0.15, 0.2) is 83.7 Å². The number of aromatic nitrogens is 2. The Hall–Kier alpha value is -3.66. The second-order valence-corrected chi connectivity index (χ2v) is 6.47.